The van der Waals surface area contributed by atoms with E-state index in [1.165, 1.54) is 19.1 Å². The van der Waals surface area contributed by atoms with Crippen LogP contribution >= 0.6 is 0 Å². The molecule has 0 radical (unpaired) electrons. The number of hydrogen-bond acceptors (Lipinski definition) is 5. The van der Waals surface area contributed by atoms with Crippen LogP contribution in [0.25, 0.3) is 16.8 Å². The zero-order valence-corrected chi connectivity index (χ0v) is 22.6. The van der Waals surface area contributed by atoms with Crippen molar-refractivity contribution in [2.45, 2.75) is 58.2 Å². The lowest BCUT2D eigenvalue weighted by molar-refractivity contribution is -0.153. The molecule has 0 spiro atoms. The summed E-state index contributed by atoms with van der Waals surface area (Å²) in [5, 5.41) is 21.3. The summed E-state index contributed by atoms with van der Waals surface area (Å²) in [4.78, 5) is 21.4. The molecule has 1 aliphatic carbocycles. The van der Waals surface area contributed by atoms with Gasteiger partial charge in [-0.25, -0.2) is 9.97 Å². The first kappa shape index (κ1) is 27.6. The van der Waals surface area contributed by atoms with Gasteiger partial charge in [0.1, 0.15) is 28.5 Å². The van der Waals surface area contributed by atoms with Crippen LogP contribution in [0.2, 0.25) is 0 Å². The highest BCUT2D eigenvalue weighted by molar-refractivity contribution is 5.85. The number of aromatic nitrogens is 3. The van der Waals surface area contributed by atoms with E-state index in [0.717, 1.165) is 12.1 Å². The smallest absolute Gasteiger partial charge is 0.416 e. The molecule has 4 aromatic rings. The largest absolute Gasteiger partial charge is 0.481 e. The van der Waals surface area contributed by atoms with E-state index in [2.05, 4.69) is 4.98 Å². The van der Waals surface area contributed by atoms with Crippen molar-refractivity contribution < 1.29 is 28.2 Å². The summed E-state index contributed by atoms with van der Waals surface area (Å²) >= 11 is 0. The monoisotopic (exact) mass is 552 g/mol. The Bertz CT molecular complexity index is 1610. The Balaban J connectivity index is 1.57. The van der Waals surface area contributed by atoms with Gasteiger partial charge in [-0.2, -0.15) is 13.2 Å². The van der Waals surface area contributed by atoms with Crippen LogP contribution in [0.4, 0.5) is 19.0 Å². The number of rotatable bonds is 5. The molecule has 4 N–H and O–H groups in total. The van der Waals surface area contributed by atoms with Crippen LogP contribution in [0.3, 0.4) is 0 Å². The number of nitrogens with two attached hydrogens (primary N) is 1. The Labute approximate surface area is 229 Å². The molecule has 210 valence electrons. The Hall–Kier alpha value is -3.92. The molecular formula is C30H31F3N4O3. The van der Waals surface area contributed by atoms with Gasteiger partial charge >= 0.3 is 12.1 Å². The van der Waals surface area contributed by atoms with Crippen LogP contribution in [-0.2, 0) is 16.6 Å². The fraction of sp³-hybridized carbons (Fsp3) is 0.367. The average Bonchev–Trinajstić information content (AvgIpc) is 3.39. The fourth-order valence-electron chi connectivity index (χ4n) is 5.99. The number of carboxylic acids is 1. The van der Waals surface area contributed by atoms with Gasteiger partial charge in [-0.15, -0.1) is 0 Å². The molecule has 40 heavy (non-hydrogen) atoms. The number of halogens is 3. The van der Waals surface area contributed by atoms with Gasteiger partial charge in [-0.3, -0.25) is 9.20 Å². The van der Waals surface area contributed by atoms with Crippen molar-refractivity contribution in [2.75, 3.05) is 5.73 Å². The van der Waals surface area contributed by atoms with E-state index in [1.807, 2.05) is 18.2 Å². The predicted octanol–water partition coefficient (Wildman–Crippen LogP) is 6.25. The normalized spacial score (nSPS) is 22.4. The number of imidazole rings is 1. The number of alkyl halides is 3. The van der Waals surface area contributed by atoms with Gasteiger partial charge in [-0.05, 0) is 55.4 Å². The second-order valence-corrected chi connectivity index (χ2v) is 11.5. The fourth-order valence-corrected chi connectivity index (χ4v) is 5.99. The number of carboxylic acid groups (broad SMARTS) is 1. The maximum absolute atomic E-state index is 13.3. The van der Waals surface area contributed by atoms with Crippen molar-refractivity contribution in [1.29, 1.82) is 0 Å². The molecule has 2 aromatic carbocycles. The number of nitrogens with zero attached hydrogens (tertiary/aromatic N) is 3. The summed E-state index contributed by atoms with van der Waals surface area (Å²) in [5.74, 6) is -0.0644. The Morgan fingerprint density at radius 3 is 2.33 bits per heavy atom. The lowest BCUT2D eigenvalue weighted by Gasteiger charge is -2.38. The van der Waals surface area contributed by atoms with Gasteiger partial charge < -0.3 is 15.9 Å². The third-order valence-electron chi connectivity index (χ3n) is 9.09. The second-order valence-electron chi connectivity index (χ2n) is 11.5. The minimum Gasteiger partial charge on any atom is -0.481 e. The van der Waals surface area contributed by atoms with Gasteiger partial charge in [0.05, 0.1) is 11.0 Å². The zero-order valence-electron chi connectivity index (χ0n) is 22.6. The molecule has 3 atom stereocenters. The standard InChI is InChI=1S/C30H31F3N4O3/c1-27(2)21(12-13-28(27,3)26(38)39)25-36-22(23-24(34)35-14-15-37(23)25)17-8-10-18(11-9-17)29(4,40)19-6-5-7-20(16-19)30(31,32)33/h5-11,14-16,21,40H,12-13H2,1-4H3,(H2,34,35)(H,38,39)/t21-,28+,29?/m0/s1. The molecule has 5 rings (SSSR count). The predicted molar refractivity (Wildman–Crippen MR) is 144 cm³/mol. The summed E-state index contributed by atoms with van der Waals surface area (Å²) in [6.07, 6.45) is -0.0546. The Morgan fingerprint density at radius 1 is 1.07 bits per heavy atom. The Kier molecular flexibility index (Phi) is 6.26. The molecule has 0 saturated heterocycles. The molecule has 2 heterocycles. The average molecular weight is 553 g/mol. The van der Waals surface area contributed by atoms with Crippen LogP contribution < -0.4 is 5.73 Å². The van der Waals surface area contributed by atoms with E-state index in [4.69, 9.17) is 10.7 Å². The van der Waals surface area contributed by atoms with E-state index >= 15 is 0 Å². The molecule has 0 aliphatic heterocycles. The van der Waals surface area contributed by atoms with Crippen molar-refractivity contribution in [2.24, 2.45) is 10.8 Å². The van der Waals surface area contributed by atoms with Gasteiger partial charge in [0.15, 0.2) is 0 Å². The Morgan fingerprint density at radius 2 is 1.73 bits per heavy atom. The summed E-state index contributed by atoms with van der Waals surface area (Å²) in [5.41, 5.74) is 4.55. The summed E-state index contributed by atoms with van der Waals surface area (Å²) < 4.78 is 41.7. The first-order valence-electron chi connectivity index (χ1n) is 13.0. The molecule has 1 saturated carbocycles. The van der Waals surface area contributed by atoms with E-state index in [-0.39, 0.29) is 17.3 Å². The van der Waals surface area contributed by atoms with E-state index in [0.29, 0.717) is 41.0 Å². The zero-order chi connectivity index (χ0) is 29.3. The van der Waals surface area contributed by atoms with Crippen molar-refractivity contribution in [1.82, 2.24) is 14.4 Å². The molecule has 0 amide bonds. The number of anilines is 1. The van der Waals surface area contributed by atoms with Gasteiger partial charge in [0.2, 0.25) is 0 Å². The molecule has 0 bridgehead atoms. The first-order chi connectivity index (χ1) is 18.6. The van der Waals surface area contributed by atoms with Crippen LogP contribution in [0, 0.1) is 10.8 Å². The molecule has 1 fully saturated rings. The number of hydrogen-bond donors (Lipinski definition) is 3. The van der Waals surface area contributed by atoms with Crippen molar-refractivity contribution >= 4 is 17.3 Å². The molecule has 7 nitrogen and oxygen atoms in total. The lowest BCUT2D eigenvalue weighted by Crippen LogP contribution is -2.40. The highest BCUT2D eigenvalue weighted by Crippen LogP contribution is 2.60. The minimum absolute atomic E-state index is 0.114. The van der Waals surface area contributed by atoms with Crippen molar-refractivity contribution in [3.63, 3.8) is 0 Å². The molecular weight excluding hydrogens is 521 g/mol. The number of carbonyl (C=O) groups is 1. The summed E-state index contributed by atoms with van der Waals surface area (Å²) in [6.45, 7) is 7.13. The van der Waals surface area contributed by atoms with Gasteiger partial charge in [0, 0.05) is 23.9 Å². The molecule has 1 aliphatic rings. The number of aliphatic carboxylic acids is 1. The summed E-state index contributed by atoms with van der Waals surface area (Å²) in [6, 6.07) is 11.4. The molecule has 1 unspecified atom stereocenters. The second kappa shape index (κ2) is 9.05. The summed E-state index contributed by atoms with van der Waals surface area (Å²) in [7, 11) is 0. The van der Waals surface area contributed by atoms with Crippen LogP contribution in [0.5, 0.6) is 0 Å². The van der Waals surface area contributed by atoms with Gasteiger partial charge in [0.25, 0.3) is 0 Å². The topological polar surface area (TPSA) is 114 Å². The number of aliphatic hydroxyl groups is 1. The van der Waals surface area contributed by atoms with E-state index in [1.54, 1.807) is 43.6 Å². The van der Waals surface area contributed by atoms with Crippen molar-refractivity contribution in [3.8, 4) is 11.3 Å². The maximum atomic E-state index is 13.3. The molecule has 10 heteroatoms. The lowest BCUT2D eigenvalue weighted by atomic mass is 9.65. The quantitative estimate of drug-likeness (QED) is 0.270. The van der Waals surface area contributed by atoms with Crippen LogP contribution in [0.15, 0.2) is 60.9 Å². The van der Waals surface area contributed by atoms with E-state index < -0.39 is 34.1 Å². The van der Waals surface area contributed by atoms with Crippen LogP contribution in [-0.4, -0.2) is 30.6 Å². The van der Waals surface area contributed by atoms with Crippen molar-refractivity contribution in [3.05, 3.63) is 83.4 Å². The van der Waals surface area contributed by atoms with Crippen LogP contribution in [0.1, 0.15) is 69.0 Å². The molecule has 2 aromatic heterocycles. The number of nitrogen functional groups attached to an aromatic ring is 1. The maximum Gasteiger partial charge on any atom is 0.416 e. The number of fused-ring (bicyclic) bond motifs is 1. The third-order valence-corrected chi connectivity index (χ3v) is 9.09. The van der Waals surface area contributed by atoms with E-state index in [9.17, 15) is 28.2 Å². The highest BCUT2D eigenvalue weighted by atomic mass is 19.4. The first-order valence-corrected chi connectivity index (χ1v) is 13.0. The third kappa shape index (κ3) is 4.13. The highest BCUT2D eigenvalue weighted by Gasteiger charge is 2.57. The minimum atomic E-state index is -4.53. The SMILES string of the molecule is CC(O)(c1ccc(-c2nc([C@@H]3CC[C@](C)(C(=O)O)C3(C)C)n3ccnc(N)c23)cc1)c1cccc(C(F)(F)F)c1. The van der Waals surface area contributed by atoms with Gasteiger partial charge in [-0.1, -0.05) is 50.2 Å². The number of benzene rings is 2.